The zero-order valence-corrected chi connectivity index (χ0v) is 13.2. The van der Waals surface area contributed by atoms with Crippen LogP contribution < -0.4 is 10.3 Å². The lowest BCUT2D eigenvalue weighted by molar-refractivity contribution is 0.414. The summed E-state index contributed by atoms with van der Waals surface area (Å²) < 4.78 is 1.08. The second-order valence-corrected chi connectivity index (χ2v) is 6.90. The molecule has 0 aliphatic carbocycles. The summed E-state index contributed by atoms with van der Waals surface area (Å²) in [4.78, 5) is 15.2. The molecule has 0 saturated carbocycles. The highest BCUT2D eigenvalue weighted by molar-refractivity contribution is 7.16. The van der Waals surface area contributed by atoms with Crippen LogP contribution in [0.25, 0.3) is 10.1 Å². The molecule has 106 valence electrons. The third kappa shape index (κ3) is 2.24. The van der Waals surface area contributed by atoms with E-state index in [9.17, 15) is 4.79 Å². The minimum absolute atomic E-state index is 0.197. The van der Waals surface area contributed by atoms with Gasteiger partial charge in [0.15, 0.2) is 0 Å². The fraction of sp³-hybridized carbons (Fsp3) is 0.471. The number of benzene rings is 1. The van der Waals surface area contributed by atoms with Crippen LogP contribution in [0.1, 0.15) is 38.7 Å². The van der Waals surface area contributed by atoms with Crippen molar-refractivity contribution >= 4 is 27.1 Å². The summed E-state index contributed by atoms with van der Waals surface area (Å²) in [6.45, 7) is 6.52. The standard InChI is InChI=1S/C17H21NOS/c1-11-7-8-16-14(9-11)17(19)15(10-20-16)18-12(2)5-4-6-13(18)3/h7-10,12-13H,4-6H2,1-3H3. The van der Waals surface area contributed by atoms with Gasteiger partial charge in [-0.2, -0.15) is 0 Å². The summed E-state index contributed by atoms with van der Waals surface area (Å²) in [5, 5.41) is 2.93. The molecule has 0 N–H and O–H groups in total. The Hall–Kier alpha value is -1.35. The fourth-order valence-corrected chi connectivity index (χ4v) is 4.20. The smallest absolute Gasteiger partial charge is 0.211 e. The highest BCUT2D eigenvalue weighted by Gasteiger charge is 2.27. The molecule has 0 radical (unpaired) electrons. The van der Waals surface area contributed by atoms with Gasteiger partial charge in [-0.3, -0.25) is 4.79 Å². The molecule has 20 heavy (non-hydrogen) atoms. The van der Waals surface area contributed by atoms with Crippen LogP contribution in [0.4, 0.5) is 5.69 Å². The van der Waals surface area contributed by atoms with Crippen LogP contribution in [0.2, 0.25) is 0 Å². The van der Waals surface area contributed by atoms with Gasteiger partial charge in [0.25, 0.3) is 0 Å². The normalized spacial score (nSPS) is 23.2. The van der Waals surface area contributed by atoms with E-state index in [1.165, 1.54) is 19.3 Å². The number of aryl methyl sites for hydroxylation is 1. The fourth-order valence-electron chi connectivity index (χ4n) is 3.31. The van der Waals surface area contributed by atoms with Crippen molar-refractivity contribution in [3.8, 4) is 0 Å². The first-order valence-corrected chi connectivity index (χ1v) is 8.26. The molecular formula is C17H21NOS. The van der Waals surface area contributed by atoms with Crippen molar-refractivity contribution in [3.05, 3.63) is 39.4 Å². The van der Waals surface area contributed by atoms with E-state index in [1.807, 2.05) is 13.0 Å². The lowest BCUT2D eigenvalue weighted by Gasteiger charge is -2.40. The van der Waals surface area contributed by atoms with Crippen LogP contribution in [0.5, 0.6) is 0 Å². The van der Waals surface area contributed by atoms with Gasteiger partial charge < -0.3 is 4.90 Å². The summed E-state index contributed by atoms with van der Waals surface area (Å²) in [6, 6.07) is 7.08. The lowest BCUT2D eigenvalue weighted by Crippen LogP contribution is -2.45. The van der Waals surface area contributed by atoms with Crippen LogP contribution in [0.3, 0.4) is 0 Å². The Bertz CT molecular complexity index is 681. The number of hydrogen-bond donors (Lipinski definition) is 0. The van der Waals surface area contributed by atoms with E-state index in [1.54, 1.807) is 11.3 Å². The second-order valence-electron chi connectivity index (χ2n) is 5.99. The number of piperidine rings is 1. The van der Waals surface area contributed by atoms with E-state index < -0.39 is 0 Å². The van der Waals surface area contributed by atoms with Gasteiger partial charge in [0.2, 0.25) is 5.43 Å². The maximum atomic E-state index is 12.8. The van der Waals surface area contributed by atoms with Crippen molar-refractivity contribution in [2.75, 3.05) is 4.90 Å². The SMILES string of the molecule is Cc1ccc2scc(N3C(C)CCCC3C)c(=O)c2c1. The Kier molecular flexibility index (Phi) is 3.55. The average Bonchev–Trinajstić information content (AvgIpc) is 2.41. The minimum atomic E-state index is 0.197. The molecule has 2 nitrogen and oxygen atoms in total. The topological polar surface area (TPSA) is 20.3 Å². The number of anilines is 1. The number of fused-ring (bicyclic) bond motifs is 1. The number of nitrogens with zero attached hydrogens (tertiary/aromatic N) is 1. The zero-order chi connectivity index (χ0) is 14.3. The van der Waals surface area contributed by atoms with Crippen molar-refractivity contribution in [2.24, 2.45) is 0 Å². The Morgan fingerprint density at radius 3 is 2.60 bits per heavy atom. The zero-order valence-electron chi connectivity index (χ0n) is 12.3. The second kappa shape index (κ2) is 5.21. The van der Waals surface area contributed by atoms with Gasteiger partial charge in [0.05, 0.1) is 5.69 Å². The molecule has 0 spiro atoms. The maximum absolute atomic E-state index is 12.8. The third-order valence-electron chi connectivity index (χ3n) is 4.38. The Morgan fingerprint density at radius 1 is 1.20 bits per heavy atom. The van der Waals surface area contributed by atoms with E-state index in [2.05, 4.69) is 36.3 Å². The summed E-state index contributed by atoms with van der Waals surface area (Å²) in [7, 11) is 0. The lowest BCUT2D eigenvalue weighted by atomic mass is 9.97. The van der Waals surface area contributed by atoms with Gasteiger partial charge in [-0.15, -0.1) is 11.3 Å². The molecule has 2 atom stereocenters. The van der Waals surface area contributed by atoms with E-state index in [-0.39, 0.29) is 5.43 Å². The Morgan fingerprint density at radius 2 is 1.90 bits per heavy atom. The van der Waals surface area contributed by atoms with Crippen molar-refractivity contribution in [1.29, 1.82) is 0 Å². The third-order valence-corrected chi connectivity index (χ3v) is 5.33. The molecular weight excluding hydrogens is 266 g/mol. The molecule has 2 heterocycles. The molecule has 0 amide bonds. The van der Waals surface area contributed by atoms with Crippen molar-refractivity contribution in [2.45, 2.75) is 52.1 Å². The van der Waals surface area contributed by atoms with Gasteiger partial charge in [-0.05, 0) is 52.2 Å². The van der Waals surface area contributed by atoms with Crippen LogP contribution >= 0.6 is 11.3 Å². The molecule has 1 fully saturated rings. The maximum Gasteiger partial charge on any atom is 0.211 e. The van der Waals surface area contributed by atoms with Crippen LogP contribution in [-0.2, 0) is 0 Å². The van der Waals surface area contributed by atoms with E-state index >= 15 is 0 Å². The quantitative estimate of drug-likeness (QED) is 0.777. The van der Waals surface area contributed by atoms with E-state index in [4.69, 9.17) is 0 Å². The first-order chi connectivity index (χ1) is 9.58. The van der Waals surface area contributed by atoms with E-state index in [0.29, 0.717) is 12.1 Å². The molecule has 1 aromatic carbocycles. The Balaban J connectivity index is 2.16. The largest absolute Gasteiger partial charge is 0.362 e. The van der Waals surface area contributed by atoms with Gasteiger partial charge in [0.1, 0.15) is 0 Å². The molecule has 1 saturated heterocycles. The highest BCUT2D eigenvalue weighted by Crippen LogP contribution is 2.30. The van der Waals surface area contributed by atoms with Gasteiger partial charge in [-0.25, -0.2) is 0 Å². The number of rotatable bonds is 1. The molecule has 0 bridgehead atoms. The average molecular weight is 287 g/mol. The number of hydrogen-bond acceptors (Lipinski definition) is 3. The van der Waals surface area contributed by atoms with Crippen molar-refractivity contribution in [1.82, 2.24) is 0 Å². The monoisotopic (exact) mass is 287 g/mol. The molecule has 2 unspecified atom stereocenters. The summed E-state index contributed by atoms with van der Waals surface area (Å²) in [6.07, 6.45) is 3.63. The van der Waals surface area contributed by atoms with Crippen LogP contribution in [-0.4, -0.2) is 12.1 Å². The van der Waals surface area contributed by atoms with Crippen LogP contribution in [0, 0.1) is 6.92 Å². The predicted octanol–water partition coefficient (Wildman–Crippen LogP) is 4.34. The molecule has 3 heteroatoms. The van der Waals surface area contributed by atoms with Crippen LogP contribution in [0.15, 0.2) is 28.4 Å². The van der Waals surface area contributed by atoms with Gasteiger partial charge in [-0.1, -0.05) is 11.6 Å². The molecule has 1 aliphatic heterocycles. The van der Waals surface area contributed by atoms with Crippen molar-refractivity contribution in [3.63, 3.8) is 0 Å². The highest BCUT2D eigenvalue weighted by atomic mass is 32.1. The Labute approximate surface area is 124 Å². The first kappa shape index (κ1) is 13.6. The molecule has 1 aromatic heterocycles. The first-order valence-electron chi connectivity index (χ1n) is 7.38. The van der Waals surface area contributed by atoms with Gasteiger partial charge >= 0.3 is 0 Å². The van der Waals surface area contributed by atoms with E-state index in [0.717, 1.165) is 21.3 Å². The molecule has 1 aliphatic rings. The van der Waals surface area contributed by atoms with Gasteiger partial charge in [0, 0.05) is 27.5 Å². The minimum Gasteiger partial charge on any atom is -0.362 e. The molecule has 3 rings (SSSR count). The summed E-state index contributed by atoms with van der Waals surface area (Å²) >= 11 is 1.68. The predicted molar refractivity (Wildman–Crippen MR) is 88.1 cm³/mol. The summed E-state index contributed by atoms with van der Waals surface area (Å²) in [5.41, 5.74) is 2.24. The summed E-state index contributed by atoms with van der Waals surface area (Å²) in [5.74, 6) is 0. The van der Waals surface area contributed by atoms with Crippen molar-refractivity contribution < 1.29 is 0 Å². The molecule has 2 aromatic rings.